The number of carboxylic acid groups (broad SMARTS) is 1. The van der Waals surface area contributed by atoms with Gasteiger partial charge >= 0.3 is 12.1 Å². The zero-order valence-electron chi connectivity index (χ0n) is 9.41. The molecule has 0 radical (unpaired) electrons. The van der Waals surface area contributed by atoms with E-state index < -0.39 is 24.8 Å². The Kier molecular flexibility index (Phi) is 4.36. The van der Waals surface area contributed by atoms with E-state index in [0.717, 1.165) is 0 Å². The lowest BCUT2D eigenvalue weighted by molar-refractivity contribution is -0.201. The molecule has 0 aliphatic rings. The van der Waals surface area contributed by atoms with Crippen molar-refractivity contribution in [2.45, 2.75) is 25.7 Å². The fraction of sp³-hybridized carbons (Fsp3) is 0.500. The number of hydrogen-bond acceptors (Lipinski definition) is 4. The van der Waals surface area contributed by atoms with Crippen molar-refractivity contribution in [1.82, 2.24) is 5.32 Å². The third-order valence-corrected chi connectivity index (χ3v) is 2.18. The standard InChI is InChI=1S/C10H12F3NO4/c1-5-2-6(18-8(5)9(16)17)3-14-4-7(15)10(11,12)13/h2,7,14-15H,3-4H2,1H3,(H,16,17). The highest BCUT2D eigenvalue weighted by Gasteiger charge is 2.37. The van der Waals surface area contributed by atoms with Gasteiger partial charge in [-0.3, -0.25) is 0 Å². The first kappa shape index (κ1) is 14.5. The van der Waals surface area contributed by atoms with Gasteiger partial charge in [0.15, 0.2) is 6.10 Å². The van der Waals surface area contributed by atoms with E-state index in [1.54, 1.807) is 0 Å². The first-order valence-corrected chi connectivity index (χ1v) is 5.00. The summed E-state index contributed by atoms with van der Waals surface area (Å²) in [6.45, 7) is 0.730. The first-order chi connectivity index (χ1) is 8.21. The van der Waals surface area contributed by atoms with E-state index >= 15 is 0 Å². The molecule has 102 valence electrons. The Morgan fingerprint density at radius 2 is 2.17 bits per heavy atom. The molecule has 0 bridgehead atoms. The number of carbonyl (C=O) groups is 1. The molecular formula is C10H12F3NO4. The second-order valence-electron chi connectivity index (χ2n) is 3.72. The van der Waals surface area contributed by atoms with Crippen molar-refractivity contribution >= 4 is 5.97 Å². The van der Waals surface area contributed by atoms with Crippen molar-refractivity contribution in [3.8, 4) is 0 Å². The van der Waals surface area contributed by atoms with Gasteiger partial charge in [0.2, 0.25) is 5.76 Å². The van der Waals surface area contributed by atoms with Gasteiger partial charge in [-0.05, 0) is 13.0 Å². The highest BCUT2D eigenvalue weighted by Crippen LogP contribution is 2.19. The number of halogens is 3. The Labute approximate surface area is 100 Å². The van der Waals surface area contributed by atoms with E-state index in [2.05, 4.69) is 5.32 Å². The minimum absolute atomic E-state index is 0.0960. The maximum absolute atomic E-state index is 12.0. The summed E-state index contributed by atoms with van der Waals surface area (Å²) < 4.78 is 40.8. The molecule has 1 aromatic rings. The number of alkyl halides is 3. The molecule has 0 saturated carbocycles. The minimum Gasteiger partial charge on any atom is -0.475 e. The van der Waals surface area contributed by atoms with Gasteiger partial charge in [-0.25, -0.2) is 4.79 Å². The summed E-state index contributed by atoms with van der Waals surface area (Å²) in [4.78, 5) is 10.6. The first-order valence-electron chi connectivity index (χ1n) is 5.00. The SMILES string of the molecule is Cc1cc(CNCC(O)C(F)(F)F)oc1C(=O)O. The van der Waals surface area contributed by atoms with Crippen LogP contribution in [-0.2, 0) is 6.54 Å². The molecule has 0 aliphatic carbocycles. The molecule has 3 N–H and O–H groups in total. The van der Waals surface area contributed by atoms with Crippen LogP contribution in [0.1, 0.15) is 21.9 Å². The summed E-state index contributed by atoms with van der Waals surface area (Å²) in [7, 11) is 0. The van der Waals surface area contributed by atoms with Crippen molar-refractivity contribution in [1.29, 1.82) is 0 Å². The van der Waals surface area contributed by atoms with Gasteiger partial charge in [0.1, 0.15) is 5.76 Å². The van der Waals surface area contributed by atoms with Crippen LogP contribution >= 0.6 is 0 Å². The number of rotatable bonds is 5. The predicted octanol–water partition coefficient (Wildman–Crippen LogP) is 1.30. The molecule has 1 heterocycles. The number of aryl methyl sites for hydroxylation is 1. The number of aliphatic hydroxyl groups is 1. The van der Waals surface area contributed by atoms with Gasteiger partial charge in [0.05, 0.1) is 6.54 Å². The van der Waals surface area contributed by atoms with E-state index in [4.69, 9.17) is 14.6 Å². The fourth-order valence-corrected chi connectivity index (χ4v) is 1.30. The van der Waals surface area contributed by atoms with E-state index in [1.165, 1.54) is 13.0 Å². The summed E-state index contributed by atoms with van der Waals surface area (Å²) in [5.74, 6) is -1.29. The molecule has 0 saturated heterocycles. The van der Waals surface area contributed by atoms with Crippen LogP contribution in [0.15, 0.2) is 10.5 Å². The highest BCUT2D eigenvalue weighted by atomic mass is 19.4. The van der Waals surface area contributed by atoms with Gasteiger partial charge in [0, 0.05) is 12.1 Å². The van der Waals surface area contributed by atoms with Crippen LogP contribution in [0, 0.1) is 6.92 Å². The van der Waals surface area contributed by atoms with Gasteiger partial charge in [0.25, 0.3) is 0 Å². The summed E-state index contributed by atoms with van der Waals surface area (Å²) in [6.07, 6.45) is -7.15. The quantitative estimate of drug-likeness (QED) is 0.749. The Hall–Kier alpha value is -1.54. The molecule has 0 spiro atoms. The van der Waals surface area contributed by atoms with Crippen molar-refractivity contribution in [2.24, 2.45) is 0 Å². The maximum atomic E-state index is 12.0. The Morgan fingerprint density at radius 1 is 1.56 bits per heavy atom. The number of hydrogen-bond donors (Lipinski definition) is 3. The molecule has 1 atom stereocenters. The van der Waals surface area contributed by atoms with Crippen LogP contribution in [0.2, 0.25) is 0 Å². The van der Waals surface area contributed by atoms with E-state index in [-0.39, 0.29) is 18.1 Å². The summed E-state index contributed by atoms with van der Waals surface area (Å²) in [5, 5.41) is 19.7. The van der Waals surface area contributed by atoms with Gasteiger partial charge < -0.3 is 19.9 Å². The second kappa shape index (κ2) is 5.40. The van der Waals surface area contributed by atoms with Crippen molar-refractivity contribution in [3.63, 3.8) is 0 Å². The summed E-state index contributed by atoms with van der Waals surface area (Å²) in [6, 6.07) is 1.41. The van der Waals surface area contributed by atoms with E-state index in [1.807, 2.05) is 0 Å². The van der Waals surface area contributed by atoms with Crippen LogP contribution in [0.3, 0.4) is 0 Å². The third kappa shape index (κ3) is 3.74. The average Bonchev–Trinajstić information content (AvgIpc) is 2.58. The Morgan fingerprint density at radius 3 is 2.61 bits per heavy atom. The highest BCUT2D eigenvalue weighted by molar-refractivity contribution is 5.86. The number of furan rings is 1. The summed E-state index contributed by atoms with van der Waals surface area (Å²) in [5.41, 5.74) is 0.385. The van der Waals surface area contributed by atoms with Gasteiger partial charge in [-0.15, -0.1) is 0 Å². The molecule has 0 fully saturated rings. The molecule has 5 nitrogen and oxygen atoms in total. The predicted molar refractivity (Wildman–Crippen MR) is 54.2 cm³/mol. The molecule has 0 amide bonds. The molecule has 1 unspecified atom stereocenters. The lowest BCUT2D eigenvalue weighted by atomic mass is 10.2. The maximum Gasteiger partial charge on any atom is 0.415 e. The average molecular weight is 267 g/mol. The van der Waals surface area contributed by atoms with E-state index in [9.17, 15) is 18.0 Å². The molecule has 1 aromatic heterocycles. The number of aromatic carboxylic acids is 1. The number of nitrogens with one attached hydrogen (secondary N) is 1. The molecule has 0 aromatic carbocycles. The third-order valence-electron chi connectivity index (χ3n) is 2.18. The van der Waals surface area contributed by atoms with Crippen molar-refractivity contribution in [3.05, 3.63) is 23.2 Å². The van der Waals surface area contributed by atoms with Crippen LogP contribution < -0.4 is 5.32 Å². The smallest absolute Gasteiger partial charge is 0.415 e. The largest absolute Gasteiger partial charge is 0.475 e. The fourth-order valence-electron chi connectivity index (χ4n) is 1.30. The lowest BCUT2D eigenvalue weighted by Gasteiger charge is -2.14. The number of aliphatic hydroxyl groups excluding tert-OH is 1. The molecule has 1 rings (SSSR count). The molecular weight excluding hydrogens is 255 g/mol. The topological polar surface area (TPSA) is 82.7 Å². The minimum atomic E-state index is -4.68. The monoisotopic (exact) mass is 267 g/mol. The van der Waals surface area contributed by atoms with Gasteiger partial charge in [-0.2, -0.15) is 13.2 Å². The summed E-state index contributed by atoms with van der Waals surface area (Å²) >= 11 is 0. The lowest BCUT2D eigenvalue weighted by Crippen LogP contribution is -2.38. The van der Waals surface area contributed by atoms with Crippen molar-refractivity contribution in [2.75, 3.05) is 6.54 Å². The zero-order chi connectivity index (χ0) is 13.9. The number of carboxylic acids is 1. The van der Waals surface area contributed by atoms with Crippen molar-refractivity contribution < 1.29 is 32.6 Å². The van der Waals surface area contributed by atoms with Crippen LogP contribution in [-0.4, -0.2) is 35.0 Å². The van der Waals surface area contributed by atoms with Crippen LogP contribution in [0.5, 0.6) is 0 Å². The molecule has 18 heavy (non-hydrogen) atoms. The zero-order valence-corrected chi connectivity index (χ0v) is 9.41. The van der Waals surface area contributed by atoms with Crippen LogP contribution in [0.4, 0.5) is 13.2 Å². The molecule has 0 aliphatic heterocycles. The Balaban J connectivity index is 2.50. The van der Waals surface area contributed by atoms with Gasteiger partial charge in [-0.1, -0.05) is 0 Å². The Bertz CT molecular complexity index is 427. The van der Waals surface area contributed by atoms with Crippen LogP contribution in [0.25, 0.3) is 0 Å². The second-order valence-corrected chi connectivity index (χ2v) is 3.72. The van der Waals surface area contributed by atoms with E-state index in [0.29, 0.717) is 5.56 Å². The molecule has 8 heteroatoms. The normalized spacial score (nSPS) is 13.6.